The average Bonchev–Trinajstić information content (AvgIpc) is 2.04. The molecule has 14 heavy (non-hydrogen) atoms. The third-order valence-electron chi connectivity index (χ3n) is 2.46. The first-order chi connectivity index (χ1) is 6.70. The minimum Gasteiger partial charge on any atom is -0.478 e. The highest BCUT2D eigenvalue weighted by Crippen LogP contribution is 2.31. The van der Waals surface area contributed by atoms with Gasteiger partial charge in [-0.1, -0.05) is 23.7 Å². The predicted molar refractivity (Wildman–Crippen MR) is 53.8 cm³/mol. The van der Waals surface area contributed by atoms with Crippen molar-refractivity contribution in [2.45, 2.75) is 12.5 Å². The molecule has 1 aliphatic heterocycles. The summed E-state index contributed by atoms with van der Waals surface area (Å²) in [5.41, 5.74) is 1.07. The van der Waals surface area contributed by atoms with Gasteiger partial charge in [-0.3, -0.25) is 0 Å². The van der Waals surface area contributed by atoms with Crippen LogP contribution in [0.25, 0.3) is 0 Å². The van der Waals surface area contributed by atoms with Gasteiger partial charge < -0.3 is 10.4 Å². The van der Waals surface area contributed by atoms with E-state index in [9.17, 15) is 4.79 Å². The van der Waals surface area contributed by atoms with E-state index in [0.29, 0.717) is 5.02 Å². The molecule has 1 aromatic rings. The van der Waals surface area contributed by atoms with E-state index < -0.39 is 5.97 Å². The van der Waals surface area contributed by atoms with Gasteiger partial charge in [0.1, 0.15) is 0 Å². The van der Waals surface area contributed by atoms with Crippen molar-refractivity contribution in [3.8, 4) is 0 Å². The Bertz CT molecular complexity index is 374. The van der Waals surface area contributed by atoms with Crippen molar-refractivity contribution in [1.82, 2.24) is 5.32 Å². The highest BCUT2D eigenvalue weighted by molar-refractivity contribution is 6.34. The quantitative estimate of drug-likeness (QED) is 0.788. The Morgan fingerprint density at radius 2 is 2.29 bits per heavy atom. The normalized spacial score (nSPS) is 20.2. The summed E-state index contributed by atoms with van der Waals surface area (Å²) in [6.45, 7) is 0.971. The van der Waals surface area contributed by atoms with E-state index in [1.807, 2.05) is 6.07 Å². The minimum atomic E-state index is -0.976. The van der Waals surface area contributed by atoms with Crippen molar-refractivity contribution < 1.29 is 9.90 Å². The van der Waals surface area contributed by atoms with Crippen molar-refractivity contribution in [2.24, 2.45) is 0 Å². The Morgan fingerprint density at radius 3 is 2.79 bits per heavy atom. The molecule has 3 nitrogen and oxygen atoms in total. The van der Waals surface area contributed by atoms with E-state index >= 15 is 0 Å². The number of hydrogen-bond acceptors (Lipinski definition) is 2. The van der Waals surface area contributed by atoms with E-state index in [0.717, 1.165) is 18.5 Å². The molecule has 1 heterocycles. The Labute approximate surface area is 86.7 Å². The van der Waals surface area contributed by atoms with Gasteiger partial charge in [0, 0.05) is 6.04 Å². The van der Waals surface area contributed by atoms with Crippen LogP contribution in [0.3, 0.4) is 0 Å². The fraction of sp³-hybridized carbons (Fsp3) is 0.300. The largest absolute Gasteiger partial charge is 0.478 e. The second-order valence-electron chi connectivity index (χ2n) is 3.31. The van der Waals surface area contributed by atoms with E-state index in [-0.39, 0.29) is 11.6 Å². The maximum atomic E-state index is 10.8. The molecule has 0 radical (unpaired) electrons. The van der Waals surface area contributed by atoms with Crippen molar-refractivity contribution in [3.05, 3.63) is 34.3 Å². The van der Waals surface area contributed by atoms with Crippen LogP contribution in [0.1, 0.15) is 28.4 Å². The van der Waals surface area contributed by atoms with Gasteiger partial charge in [0.05, 0.1) is 10.6 Å². The smallest absolute Gasteiger partial charge is 0.337 e. The Morgan fingerprint density at radius 1 is 1.57 bits per heavy atom. The van der Waals surface area contributed by atoms with E-state index in [4.69, 9.17) is 16.7 Å². The Hall–Kier alpha value is -1.06. The number of halogens is 1. The van der Waals surface area contributed by atoms with Crippen LogP contribution < -0.4 is 5.32 Å². The molecule has 0 bridgehead atoms. The molecule has 1 saturated heterocycles. The van der Waals surface area contributed by atoms with Crippen LogP contribution in [0.2, 0.25) is 5.02 Å². The van der Waals surface area contributed by atoms with Crippen molar-refractivity contribution >= 4 is 17.6 Å². The highest BCUT2D eigenvalue weighted by atomic mass is 35.5. The van der Waals surface area contributed by atoms with Gasteiger partial charge in [-0.25, -0.2) is 4.79 Å². The number of carboxylic acids is 1. The molecule has 1 aromatic carbocycles. The Kier molecular flexibility index (Phi) is 2.44. The second kappa shape index (κ2) is 3.59. The molecule has 0 amide bonds. The predicted octanol–water partition coefficient (Wildman–Crippen LogP) is 2.07. The van der Waals surface area contributed by atoms with Crippen LogP contribution in [0.5, 0.6) is 0 Å². The van der Waals surface area contributed by atoms with Gasteiger partial charge >= 0.3 is 5.97 Å². The second-order valence-corrected chi connectivity index (χ2v) is 3.69. The molecule has 1 atom stereocenters. The monoisotopic (exact) mass is 211 g/mol. The number of nitrogens with one attached hydrogen (secondary N) is 1. The fourth-order valence-electron chi connectivity index (χ4n) is 1.54. The highest BCUT2D eigenvalue weighted by Gasteiger charge is 2.23. The van der Waals surface area contributed by atoms with Gasteiger partial charge in [0.2, 0.25) is 0 Å². The van der Waals surface area contributed by atoms with E-state index in [2.05, 4.69) is 5.32 Å². The fourth-order valence-corrected chi connectivity index (χ4v) is 1.88. The number of carbonyl (C=O) groups is 1. The lowest BCUT2D eigenvalue weighted by Crippen LogP contribution is -2.35. The zero-order valence-electron chi connectivity index (χ0n) is 7.46. The lowest BCUT2D eigenvalue weighted by Gasteiger charge is -2.29. The maximum Gasteiger partial charge on any atom is 0.337 e. The first kappa shape index (κ1) is 9.49. The molecule has 0 spiro atoms. The number of hydrogen-bond donors (Lipinski definition) is 2. The van der Waals surface area contributed by atoms with Crippen LogP contribution in [0, 0.1) is 0 Å². The molecule has 4 heteroatoms. The van der Waals surface area contributed by atoms with Gasteiger partial charge in [-0.15, -0.1) is 0 Å². The van der Waals surface area contributed by atoms with Crippen molar-refractivity contribution in [3.63, 3.8) is 0 Å². The lowest BCUT2D eigenvalue weighted by atomic mass is 9.96. The average molecular weight is 212 g/mol. The molecule has 0 unspecified atom stereocenters. The molecular formula is C10H10ClNO2. The maximum absolute atomic E-state index is 10.8. The van der Waals surface area contributed by atoms with Gasteiger partial charge in [0.15, 0.2) is 0 Å². The summed E-state index contributed by atoms with van der Waals surface area (Å²) in [6.07, 6.45) is 1.02. The lowest BCUT2D eigenvalue weighted by molar-refractivity contribution is 0.0697. The first-order valence-corrected chi connectivity index (χ1v) is 4.83. The van der Waals surface area contributed by atoms with Crippen molar-refractivity contribution in [1.29, 1.82) is 0 Å². The summed E-state index contributed by atoms with van der Waals surface area (Å²) in [6, 6.07) is 5.34. The molecule has 1 fully saturated rings. The van der Waals surface area contributed by atoms with Crippen LogP contribution in [-0.2, 0) is 0 Å². The van der Waals surface area contributed by atoms with Gasteiger partial charge in [-0.2, -0.15) is 0 Å². The molecular weight excluding hydrogens is 202 g/mol. The molecule has 2 rings (SSSR count). The topological polar surface area (TPSA) is 49.3 Å². The number of benzene rings is 1. The summed E-state index contributed by atoms with van der Waals surface area (Å²) in [4.78, 5) is 10.8. The molecule has 1 aliphatic rings. The standard InChI is InChI=1S/C10H10ClNO2/c11-9-6(8-4-5-12-8)2-1-3-7(9)10(13)14/h1-3,8,12H,4-5H2,(H,13,14)/t8-/m0/s1. The third-order valence-corrected chi connectivity index (χ3v) is 2.88. The molecule has 74 valence electrons. The molecule has 0 aromatic heterocycles. The van der Waals surface area contributed by atoms with Crippen LogP contribution >= 0.6 is 11.6 Å². The first-order valence-electron chi connectivity index (χ1n) is 4.45. The number of carboxylic acid groups (broad SMARTS) is 1. The Balaban J connectivity index is 2.40. The summed E-state index contributed by atoms with van der Waals surface area (Å²) in [5.74, 6) is -0.976. The summed E-state index contributed by atoms with van der Waals surface area (Å²) in [5, 5.41) is 12.4. The molecule has 0 aliphatic carbocycles. The number of rotatable bonds is 2. The minimum absolute atomic E-state index is 0.179. The van der Waals surface area contributed by atoms with E-state index in [1.54, 1.807) is 6.07 Å². The summed E-state index contributed by atoms with van der Waals surface area (Å²) >= 11 is 5.99. The van der Waals surface area contributed by atoms with Crippen LogP contribution in [0.15, 0.2) is 18.2 Å². The zero-order valence-corrected chi connectivity index (χ0v) is 8.21. The van der Waals surface area contributed by atoms with E-state index in [1.165, 1.54) is 6.07 Å². The molecule has 0 saturated carbocycles. The van der Waals surface area contributed by atoms with Crippen LogP contribution in [0.4, 0.5) is 0 Å². The zero-order chi connectivity index (χ0) is 10.1. The number of aromatic carboxylic acids is 1. The SMILES string of the molecule is O=C(O)c1cccc([C@@H]2CCN2)c1Cl. The van der Waals surface area contributed by atoms with Crippen molar-refractivity contribution in [2.75, 3.05) is 6.54 Å². The molecule has 2 N–H and O–H groups in total. The van der Waals surface area contributed by atoms with Gasteiger partial charge in [-0.05, 0) is 24.6 Å². The van der Waals surface area contributed by atoms with Crippen LogP contribution in [-0.4, -0.2) is 17.6 Å². The summed E-state index contributed by atoms with van der Waals surface area (Å²) in [7, 11) is 0. The van der Waals surface area contributed by atoms with Gasteiger partial charge in [0.25, 0.3) is 0 Å². The summed E-state index contributed by atoms with van der Waals surface area (Å²) < 4.78 is 0. The third kappa shape index (κ3) is 1.49.